The minimum Gasteiger partial charge on any atom is -0.465 e. The molecule has 1 unspecified atom stereocenters. The predicted molar refractivity (Wildman–Crippen MR) is 112 cm³/mol. The average Bonchev–Trinajstić information content (AvgIpc) is 3.29. The number of hydrogen-bond acceptors (Lipinski definition) is 6. The van der Waals surface area contributed by atoms with Crippen LogP contribution < -0.4 is 16.0 Å². The summed E-state index contributed by atoms with van der Waals surface area (Å²) >= 11 is 0. The van der Waals surface area contributed by atoms with E-state index in [-0.39, 0.29) is 26.1 Å². The Labute approximate surface area is 179 Å². The lowest BCUT2D eigenvalue weighted by Gasteiger charge is -2.18. The van der Waals surface area contributed by atoms with E-state index in [9.17, 15) is 19.2 Å². The molecule has 0 aliphatic heterocycles. The summed E-state index contributed by atoms with van der Waals surface area (Å²) in [4.78, 5) is 48.0. The molecule has 9 nitrogen and oxygen atoms in total. The number of carbonyl (C=O) groups is 4. The van der Waals surface area contributed by atoms with E-state index in [0.717, 1.165) is 5.56 Å². The number of benzene rings is 1. The van der Waals surface area contributed by atoms with Crippen LogP contribution >= 0.6 is 0 Å². The zero-order chi connectivity index (χ0) is 22.5. The first kappa shape index (κ1) is 23.4. The second kappa shape index (κ2) is 12.6. The van der Waals surface area contributed by atoms with Gasteiger partial charge in [0.25, 0.3) is 0 Å². The van der Waals surface area contributed by atoms with Gasteiger partial charge in [0, 0.05) is 12.5 Å². The Morgan fingerprint density at radius 2 is 1.81 bits per heavy atom. The largest absolute Gasteiger partial charge is 0.465 e. The highest BCUT2D eigenvalue weighted by atomic mass is 16.5. The summed E-state index contributed by atoms with van der Waals surface area (Å²) in [6, 6.07) is 11.6. The van der Waals surface area contributed by atoms with Crippen molar-refractivity contribution in [2.24, 2.45) is 0 Å². The van der Waals surface area contributed by atoms with E-state index >= 15 is 0 Å². The number of amides is 3. The van der Waals surface area contributed by atoms with Crippen LogP contribution in [0.25, 0.3) is 6.08 Å². The Bertz CT molecular complexity index is 893. The number of furan rings is 1. The SMILES string of the molecule is CCOC(=O)CNC(=O)CNC(=O)C(Cc1ccccc1)NC(=O)C=Cc1ccco1. The first-order valence-electron chi connectivity index (χ1n) is 9.74. The van der Waals surface area contributed by atoms with Gasteiger partial charge in [-0.15, -0.1) is 0 Å². The highest BCUT2D eigenvalue weighted by molar-refractivity contribution is 5.96. The summed E-state index contributed by atoms with van der Waals surface area (Å²) in [6.45, 7) is 1.23. The molecule has 31 heavy (non-hydrogen) atoms. The average molecular weight is 427 g/mol. The van der Waals surface area contributed by atoms with Crippen molar-refractivity contribution in [2.75, 3.05) is 19.7 Å². The van der Waals surface area contributed by atoms with Gasteiger partial charge in [0.2, 0.25) is 17.7 Å². The Morgan fingerprint density at radius 1 is 1.03 bits per heavy atom. The van der Waals surface area contributed by atoms with Crippen molar-refractivity contribution >= 4 is 29.8 Å². The molecule has 164 valence electrons. The van der Waals surface area contributed by atoms with Crippen LogP contribution in [0.3, 0.4) is 0 Å². The van der Waals surface area contributed by atoms with Gasteiger partial charge in [0.1, 0.15) is 18.3 Å². The molecule has 2 rings (SSSR count). The monoisotopic (exact) mass is 427 g/mol. The van der Waals surface area contributed by atoms with Crippen molar-refractivity contribution in [1.82, 2.24) is 16.0 Å². The topological polar surface area (TPSA) is 127 Å². The van der Waals surface area contributed by atoms with Crippen LogP contribution in [0.1, 0.15) is 18.2 Å². The van der Waals surface area contributed by atoms with E-state index in [1.807, 2.05) is 30.3 Å². The Balaban J connectivity index is 1.93. The maximum Gasteiger partial charge on any atom is 0.325 e. The van der Waals surface area contributed by atoms with Crippen LogP contribution in [-0.2, 0) is 30.3 Å². The molecule has 2 aromatic rings. The van der Waals surface area contributed by atoms with E-state index < -0.39 is 29.7 Å². The van der Waals surface area contributed by atoms with E-state index in [1.165, 1.54) is 18.4 Å². The Hall–Kier alpha value is -3.88. The molecule has 0 aliphatic carbocycles. The normalized spacial score (nSPS) is 11.5. The molecule has 0 saturated carbocycles. The molecule has 1 aromatic heterocycles. The Morgan fingerprint density at radius 3 is 2.48 bits per heavy atom. The third kappa shape index (κ3) is 8.99. The molecular formula is C22H25N3O6. The summed E-state index contributed by atoms with van der Waals surface area (Å²) in [5, 5.41) is 7.46. The van der Waals surface area contributed by atoms with Gasteiger partial charge in [-0.1, -0.05) is 30.3 Å². The van der Waals surface area contributed by atoms with Gasteiger partial charge in [-0.2, -0.15) is 0 Å². The fourth-order valence-electron chi connectivity index (χ4n) is 2.56. The molecule has 0 aliphatic rings. The number of hydrogen-bond donors (Lipinski definition) is 3. The predicted octanol–water partition coefficient (Wildman–Crippen LogP) is 0.816. The van der Waals surface area contributed by atoms with Crippen molar-refractivity contribution < 1.29 is 28.3 Å². The summed E-state index contributed by atoms with van der Waals surface area (Å²) in [6.07, 6.45) is 4.46. The third-order valence-electron chi connectivity index (χ3n) is 4.02. The fourth-order valence-corrected chi connectivity index (χ4v) is 2.56. The van der Waals surface area contributed by atoms with Gasteiger partial charge < -0.3 is 25.1 Å². The molecular weight excluding hydrogens is 402 g/mol. The molecule has 0 fully saturated rings. The van der Waals surface area contributed by atoms with Crippen molar-refractivity contribution in [2.45, 2.75) is 19.4 Å². The van der Waals surface area contributed by atoms with Crippen molar-refractivity contribution in [1.29, 1.82) is 0 Å². The first-order valence-corrected chi connectivity index (χ1v) is 9.74. The van der Waals surface area contributed by atoms with E-state index in [1.54, 1.807) is 19.1 Å². The summed E-state index contributed by atoms with van der Waals surface area (Å²) in [5.41, 5.74) is 0.838. The molecule has 0 saturated heterocycles. The smallest absolute Gasteiger partial charge is 0.325 e. The van der Waals surface area contributed by atoms with E-state index in [4.69, 9.17) is 9.15 Å². The maximum atomic E-state index is 12.6. The molecule has 3 amide bonds. The minimum absolute atomic E-state index is 0.209. The number of nitrogens with one attached hydrogen (secondary N) is 3. The lowest BCUT2D eigenvalue weighted by atomic mass is 10.1. The van der Waals surface area contributed by atoms with E-state index in [2.05, 4.69) is 16.0 Å². The first-order chi connectivity index (χ1) is 15.0. The molecule has 3 N–H and O–H groups in total. The van der Waals surface area contributed by atoms with Crippen LogP contribution in [-0.4, -0.2) is 49.4 Å². The zero-order valence-electron chi connectivity index (χ0n) is 17.1. The molecule has 0 bridgehead atoms. The van der Waals surface area contributed by atoms with Crippen molar-refractivity contribution in [3.8, 4) is 0 Å². The number of ether oxygens (including phenoxy) is 1. The number of carbonyl (C=O) groups excluding carboxylic acids is 4. The Kier molecular flexibility index (Phi) is 9.54. The van der Waals surface area contributed by atoms with Crippen molar-refractivity contribution in [3.05, 3.63) is 66.1 Å². The lowest BCUT2D eigenvalue weighted by molar-refractivity contribution is -0.143. The molecule has 1 aromatic carbocycles. The minimum atomic E-state index is -0.908. The highest BCUT2D eigenvalue weighted by Gasteiger charge is 2.21. The molecule has 9 heteroatoms. The second-order valence-electron chi connectivity index (χ2n) is 6.40. The molecule has 0 radical (unpaired) electrons. The number of rotatable bonds is 11. The number of esters is 1. The molecule has 0 spiro atoms. The molecule has 1 heterocycles. The maximum absolute atomic E-state index is 12.6. The van der Waals surface area contributed by atoms with Crippen molar-refractivity contribution in [3.63, 3.8) is 0 Å². The van der Waals surface area contributed by atoms with Gasteiger partial charge in [-0.05, 0) is 30.7 Å². The quantitative estimate of drug-likeness (QED) is 0.360. The summed E-state index contributed by atoms with van der Waals surface area (Å²) in [5.74, 6) is -1.64. The third-order valence-corrected chi connectivity index (χ3v) is 4.02. The molecule has 1 atom stereocenters. The zero-order valence-corrected chi connectivity index (χ0v) is 17.1. The van der Waals surface area contributed by atoms with Gasteiger partial charge in [0.05, 0.1) is 19.4 Å². The summed E-state index contributed by atoms with van der Waals surface area (Å²) < 4.78 is 9.84. The highest BCUT2D eigenvalue weighted by Crippen LogP contribution is 2.05. The van der Waals surface area contributed by atoms with Crippen LogP contribution in [0.4, 0.5) is 0 Å². The standard InChI is InChI=1S/C22H25N3O6/c1-2-30-21(28)15-23-20(27)14-24-22(29)18(13-16-7-4-3-5-8-16)25-19(26)11-10-17-9-6-12-31-17/h3-12,18H,2,13-15H2,1H3,(H,23,27)(H,24,29)(H,25,26). The summed E-state index contributed by atoms with van der Waals surface area (Å²) in [7, 11) is 0. The van der Waals surface area contributed by atoms with Gasteiger partial charge >= 0.3 is 5.97 Å². The second-order valence-corrected chi connectivity index (χ2v) is 6.40. The van der Waals surface area contributed by atoms with Crippen LogP contribution in [0.5, 0.6) is 0 Å². The van der Waals surface area contributed by atoms with E-state index in [0.29, 0.717) is 5.76 Å². The van der Waals surface area contributed by atoms with Crippen LogP contribution in [0.2, 0.25) is 0 Å². The van der Waals surface area contributed by atoms with Crippen LogP contribution in [0.15, 0.2) is 59.2 Å². The van der Waals surface area contributed by atoms with Gasteiger partial charge in [-0.3, -0.25) is 19.2 Å². The fraction of sp³-hybridized carbons (Fsp3) is 0.273. The van der Waals surface area contributed by atoms with Crippen LogP contribution in [0, 0.1) is 0 Å². The lowest BCUT2D eigenvalue weighted by Crippen LogP contribution is -2.50. The van der Waals surface area contributed by atoms with Gasteiger partial charge in [-0.25, -0.2) is 0 Å². The van der Waals surface area contributed by atoms with Gasteiger partial charge in [0.15, 0.2) is 0 Å².